The molecule has 7 nitrogen and oxygen atoms in total. The Balaban J connectivity index is 1.25. The van der Waals surface area contributed by atoms with Crippen LogP contribution in [0.1, 0.15) is 49.7 Å². The van der Waals surface area contributed by atoms with Crippen LogP contribution in [-0.4, -0.2) is 28.8 Å². The number of rotatable bonds is 7. The van der Waals surface area contributed by atoms with E-state index >= 15 is 0 Å². The fourth-order valence-electron chi connectivity index (χ4n) is 2.83. The van der Waals surface area contributed by atoms with Crippen molar-refractivity contribution in [1.82, 2.24) is 10.1 Å². The van der Waals surface area contributed by atoms with Crippen molar-refractivity contribution in [2.24, 2.45) is 0 Å². The summed E-state index contributed by atoms with van der Waals surface area (Å²) in [5.74, 6) is 2.37. The zero-order chi connectivity index (χ0) is 17.1. The number of aromatic nitrogens is 2. The molecule has 1 amide bonds. The smallest absolute Gasteiger partial charge is 0.229 e. The third-order valence-corrected chi connectivity index (χ3v) is 4.35. The number of anilines is 1. The van der Waals surface area contributed by atoms with E-state index in [0.717, 1.165) is 38.0 Å². The van der Waals surface area contributed by atoms with Gasteiger partial charge in [0.2, 0.25) is 17.6 Å². The van der Waals surface area contributed by atoms with Gasteiger partial charge >= 0.3 is 0 Å². The SMILES string of the molecule is O=C(CC1CCCO1)Nc1ccc(OCc2noc(C3CC3)n2)cc1. The normalized spacial score (nSPS) is 19.8. The van der Waals surface area contributed by atoms with Gasteiger partial charge in [-0.2, -0.15) is 4.98 Å². The fraction of sp³-hybridized carbons (Fsp3) is 0.500. The average molecular weight is 343 g/mol. The van der Waals surface area contributed by atoms with Gasteiger partial charge in [0.05, 0.1) is 12.5 Å². The Bertz CT molecular complexity index is 718. The molecule has 1 aromatic carbocycles. The minimum atomic E-state index is -0.0278. The van der Waals surface area contributed by atoms with Crippen LogP contribution in [0.3, 0.4) is 0 Å². The molecule has 1 saturated carbocycles. The van der Waals surface area contributed by atoms with Crippen LogP contribution in [-0.2, 0) is 16.1 Å². The van der Waals surface area contributed by atoms with E-state index < -0.39 is 0 Å². The second-order valence-corrected chi connectivity index (χ2v) is 6.52. The molecule has 2 heterocycles. The van der Waals surface area contributed by atoms with E-state index in [-0.39, 0.29) is 18.6 Å². The van der Waals surface area contributed by atoms with Gasteiger partial charge in [0, 0.05) is 18.2 Å². The van der Waals surface area contributed by atoms with Crippen molar-refractivity contribution in [1.29, 1.82) is 0 Å². The first-order valence-corrected chi connectivity index (χ1v) is 8.73. The standard InChI is InChI=1S/C18H21N3O4/c22-17(10-15-2-1-9-23-15)19-13-5-7-14(8-6-13)24-11-16-20-18(25-21-16)12-3-4-12/h5-8,12,15H,1-4,9-11H2,(H,19,22). The molecule has 1 aliphatic carbocycles. The van der Waals surface area contributed by atoms with Crippen LogP contribution in [0.25, 0.3) is 0 Å². The summed E-state index contributed by atoms with van der Waals surface area (Å²) in [5.41, 5.74) is 0.742. The number of ether oxygens (including phenoxy) is 2. The van der Waals surface area contributed by atoms with Gasteiger partial charge in [0.1, 0.15) is 5.75 Å². The molecule has 1 aliphatic heterocycles. The van der Waals surface area contributed by atoms with Crippen LogP contribution in [0.2, 0.25) is 0 Å². The molecule has 2 aromatic rings. The molecular formula is C18H21N3O4. The second kappa shape index (κ2) is 7.23. The van der Waals surface area contributed by atoms with Gasteiger partial charge in [-0.15, -0.1) is 0 Å². The predicted octanol–water partition coefficient (Wildman–Crippen LogP) is 3.03. The highest BCUT2D eigenvalue weighted by Gasteiger charge is 2.29. The highest BCUT2D eigenvalue weighted by molar-refractivity contribution is 5.91. The van der Waals surface area contributed by atoms with Crippen molar-refractivity contribution >= 4 is 11.6 Å². The molecule has 0 bridgehead atoms. The summed E-state index contributed by atoms with van der Waals surface area (Å²) in [5, 5.41) is 6.80. The number of carbonyl (C=O) groups is 1. The van der Waals surface area contributed by atoms with Crippen LogP contribution >= 0.6 is 0 Å². The van der Waals surface area contributed by atoms with Crippen LogP contribution in [0.5, 0.6) is 5.75 Å². The van der Waals surface area contributed by atoms with E-state index in [0.29, 0.717) is 29.8 Å². The maximum absolute atomic E-state index is 12.0. The number of carbonyl (C=O) groups excluding carboxylic acids is 1. The molecule has 4 rings (SSSR count). The minimum absolute atomic E-state index is 0.0278. The molecule has 1 saturated heterocycles. The second-order valence-electron chi connectivity index (χ2n) is 6.52. The lowest BCUT2D eigenvalue weighted by molar-refractivity contribution is -0.118. The van der Waals surface area contributed by atoms with Crippen LogP contribution in [0, 0.1) is 0 Å². The fourth-order valence-corrected chi connectivity index (χ4v) is 2.83. The number of amides is 1. The van der Waals surface area contributed by atoms with E-state index in [2.05, 4.69) is 15.5 Å². The van der Waals surface area contributed by atoms with Crippen LogP contribution in [0.4, 0.5) is 5.69 Å². The third-order valence-electron chi connectivity index (χ3n) is 4.35. The lowest BCUT2D eigenvalue weighted by Gasteiger charge is -2.10. The Labute approximate surface area is 145 Å². The summed E-state index contributed by atoms with van der Waals surface area (Å²) >= 11 is 0. The van der Waals surface area contributed by atoms with Crippen molar-refractivity contribution < 1.29 is 18.8 Å². The summed E-state index contributed by atoms with van der Waals surface area (Å²) < 4.78 is 16.3. The van der Waals surface area contributed by atoms with Gasteiger partial charge in [-0.25, -0.2) is 0 Å². The van der Waals surface area contributed by atoms with Gasteiger partial charge in [0.15, 0.2) is 6.61 Å². The number of hydrogen-bond donors (Lipinski definition) is 1. The first-order valence-electron chi connectivity index (χ1n) is 8.73. The Kier molecular flexibility index (Phi) is 4.65. The molecule has 1 aromatic heterocycles. The molecule has 1 atom stereocenters. The lowest BCUT2D eigenvalue weighted by Crippen LogP contribution is -2.19. The molecule has 132 valence electrons. The molecule has 25 heavy (non-hydrogen) atoms. The third kappa shape index (κ3) is 4.36. The van der Waals surface area contributed by atoms with E-state index in [1.54, 1.807) is 0 Å². The van der Waals surface area contributed by atoms with Crippen molar-refractivity contribution in [3.8, 4) is 5.75 Å². The van der Waals surface area contributed by atoms with Crippen molar-refractivity contribution in [3.63, 3.8) is 0 Å². The number of nitrogens with one attached hydrogen (secondary N) is 1. The molecular weight excluding hydrogens is 322 g/mol. The molecule has 1 N–H and O–H groups in total. The first kappa shape index (κ1) is 16.1. The topological polar surface area (TPSA) is 86.5 Å². The van der Waals surface area contributed by atoms with E-state index in [1.165, 1.54) is 0 Å². The van der Waals surface area contributed by atoms with Gasteiger partial charge < -0.3 is 19.3 Å². The Morgan fingerprint density at radius 2 is 2.08 bits per heavy atom. The summed E-state index contributed by atoms with van der Waals surface area (Å²) in [6.07, 6.45) is 4.70. The zero-order valence-corrected chi connectivity index (χ0v) is 13.9. The lowest BCUT2D eigenvalue weighted by atomic mass is 10.2. The Morgan fingerprint density at radius 3 is 2.80 bits per heavy atom. The van der Waals surface area contributed by atoms with Gasteiger partial charge in [-0.3, -0.25) is 4.79 Å². The first-order chi connectivity index (χ1) is 12.3. The van der Waals surface area contributed by atoms with Crippen LogP contribution < -0.4 is 10.1 Å². The molecule has 0 spiro atoms. The zero-order valence-electron chi connectivity index (χ0n) is 13.9. The van der Waals surface area contributed by atoms with Gasteiger partial charge in [0.25, 0.3) is 0 Å². The highest BCUT2D eigenvalue weighted by atomic mass is 16.5. The van der Waals surface area contributed by atoms with E-state index in [4.69, 9.17) is 14.0 Å². The largest absolute Gasteiger partial charge is 0.485 e. The van der Waals surface area contributed by atoms with Crippen molar-refractivity contribution in [2.45, 2.75) is 50.7 Å². The van der Waals surface area contributed by atoms with Crippen molar-refractivity contribution in [3.05, 3.63) is 36.0 Å². The number of benzene rings is 1. The molecule has 0 radical (unpaired) electrons. The molecule has 2 aliphatic rings. The van der Waals surface area contributed by atoms with Gasteiger partial charge in [-0.05, 0) is 49.9 Å². The quantitative estimate of drug-likeness (QED) is 0.831. The number of hydrogen-bond acceptors (Lipinski definition) is 6. The van der Waals surface area contributed by atoms with Crippen molar-refractivity contribution in [2.75, 3.05) is 11.9 Å². The summed E-state index contributed by atoms with van der Waals surface area (Å²) in [6.45, 7) is 1.02. The van der Waals surface area contributed by atoms with E-state index in [1.807, 2.05) is 24.3 Å². The highest BCUT2D eigenvalue weighted by Crippen LogP contribution is 2.38. The van der Waals surface area contributed by atoms with Gasteiger partial charge in [-0.1, -0.05) is 5.16 Å². The minimum Gasteiger partial charge on any atom is -0.485 e. The monoisotopic (exact) mass is 343 g/mol. The average Bonchev–Trinajstić information content (AvgIpc) is 3.14. The Hall–Kier alpha value is -2.41. The summed E-state index contributed by atoms with van der Waals surface area (Å²) in [6, 6.07) is 7.25. The Morgan fingerprint density at radius 1 is 1.24 bits per heavy atom. The van der Waals surface area contributed by atoms with E-state index in [9.17, 15) is 4.79 Å². The predicted molar refractivity (Wildman–Crippen MR) is 89.3 cm³/mol. The van der Waals surface area contributed by atoms with Crippen LogP contribution in [0.15, 0.2) is 28.8 Å². The molecule has 1 unspecified atom stereocenters. The molecule has 7 heteroatoms. The summed E-state index contributed by atoms with van der Waals surface area (Å²) in [4.78, 5) is 16.3. The molecule has 2 fully saturated rings. The summed E-state index contributed by atoms with van der Waals surface area (Å²) in [7, 11) is 0. The maximum atomic E-state index is 12.0. The number of nitrogens with zero attached hydrogens (tertiary/aromatic N) is 2. The maximum Gasteiger partial charge on any atom is 0.229 e.